The molecule has 11 heteroatoms. The predicted molar refractivity (Wildman–Crippen MR) is 133 cm³/mol. The molecule has 36 heavy (non-hydrogen) atoms. The summed E-state index contributed by atoms with van der Waals surface area (Å²) < 4.78 is 20.7. The van der Waals surface area contributed by atoms with Crippen LogP contribution in [0.15, 0.2) is 49.2 Å². The van der Waals surface area contributed by atoms with E-state index in [1.165, 1.54) is 25.6 Å². The Hall–Kier alpha value is -4.12. The largest absolute Gasteiger partial charge is 0.469 e. The van der Waals surface area contributed by atoms with Gasteiger partial charge >= 0.3 is 5.97 Å². The van der Waals surface area contributed by atoms with E-state index in [9.17, 15) is 9.18 Å². The fourth-order valence-corrected chi connectivity index (χ4v) is 4.77. The SMILES string of the molecule is COC(=O)C[C@@]1(N)CCCN(c2cnc(-c3cccc(F)c3)cc2Cn2cnc3c(N)ncnc32)C1. The van der Waals surface area contributed by atoms with Crippen LogP contribution in [0, 0.1) is 5.82 Å². The summed E-state index contributed by atoms with van der Waals surface area (Å²) in [6.45, 7) is 1.64. The van der Waals surface area contributed by atoms with Crippen LogP contribution in [-0.2, 0) is 16.1 Å². The monoisotopic (exact) mass is 490 g/mol. The number of piperidine rings is 1. The van der Waals surface area contributed by atoms with Crippen LogP contribution >= 0.6 is 0 Å². The third kappa shape index (κ3) is 4.69. The van der Waals surface area contributed by atoms with Gasteiger partial charge in [0.1, 0.15) is 17.7 Å². The van der Waals surface area contributed by atoms with Crippen molar-refractivity contribution in [3.05, 3.63) is 60.6 Å². The quantitative estimate of drug-likeness (QED) is 0.390. The molecule has 1 atom stereocenters. The van der Waals surface area contributed by atoms with E-state index in [2.05, 4.69) is 24.8 Å². The molecule has 1 aliphatic rings. The van der Waals surface area contributed by atoms with Crippen LogP contribution in [0.25, 0.3) is 22.4 Å². The van der Waals surface area contributed by atoms with Gasteiger partial charge in [0.05, 0.1) is 44.0 Å². The summed E-state index contributed by atoms with van der Waals surface area (Å²) in [5.41, 5.74) is 16.1. The van der Waals surface area contributed by atoms with Crippen molar-refractivity contribution in [1.29, 1.82) is 0 Å². The Morgan fingerprint density at radius 2 is 2.08 bits per heavy atom. The highest BCUT2D eigenvalue weighted by Gasteiger charge is 2.35. The summed E-state index contributed by atoms with van der Waals surface area (Å²) in [6, 6.07) is 8.26. The number of carbonyl (C=O) groups excluding carboxylic acids is 1. The van der Waals surface area contributed by atoms with E-state index in [1.807, 2.05) is 16.7 Å². The number of halogens is 1. The molecule has 0 unspecified atom stereocenters. The van der Waals surface area contributed by atoms with E-state index in [-0.39, 0.29) is 18.2 Å². The zero-order chi connectivity index (χ0) is 25.3. The molecular formula is C25H27FN8O2. The maximum Gasteiger partial charge on any atom is 0.307 e. The number of rotatable bonds is 6. The van der Waals surface area contributed by atoms with Crippen molar-refractivity contribution < 1.29 is 13.9 Å². The number of hydrogen-bond acceptors (Lipinski definition) is 9. The lowest BCUT2D eigenvalue weighted by Crippen LogP contribution is -2.55. The van der Waals surface area contributed by atoms with E-state index in [4.69, 9.17) is 16.2 Å². The van der Waals surface area contributed by atoms with Gasteiger partial charge in [-0.05, 0) is 36.6 Å². The number of nitrogen functional groups attached to an aromatic ring is 1. The van der Waals surface area contributed by atoms with Gasteiger partial charge in [-0.2, -0.15) is 0 Å². The number of ether oxygens (including phenoxy) is 1. The van der Waals surface area contributed by atoms with Crippen molar-refractivity contribution in [2.24, 2.45) is 5.73 Å². The third-order valence-corrected chi connectivity index (χ3v) is 6.53. The number of aromatic nitrogens is 5. The number of nitrogens with zero attached hydrogens (tertiary/aromatic N) is 6. The number of anilines is 2. The normalized spacial score (nSPS) is 17.9. The lowest BCUT2D eigenvalue weighted by molar-refractivity contribution is -0.142. The lowest BCUT2D eigenvalue weighted by Gasteiger charge is -2.41. The average Bonchev–Trinajstić information content (AvgIpc) is 3.27. The first-order valence-corrected chi connectivity index (χ1v) is 11.6. The van der Waals surface area contributed by atoms with Crippen molar-refractivity contribution in [2.75, 3.05) is 30.8 Å². The molecule has 0 spiro atoms. The van der Waals surface area contributed by atoms with Crippen LogP contribution < -0.4 is 16.4 Å². The zero-order valence-electron chi connectivity index (χ0n) is 19.9. The summed E-state index contributed by atoms with van der Waals surface area (Å²) in [6.07, 6.45) is 6.51. The molecule has 0 saturated carbocycles. The minimum atomic E-state index is -0.715. The molecular weight excluding hydrogens is 463 g/mol. The van der Waals surface area contributed by atoms with Crippen LogP contribution in [0.3, 0.4) is 0 Å². The zero-order valence-corrected chi connectivity index (χ0v) is 19.9. The molecule has 1 fully saturated rings. The number of pyridine rings is 1. The van der Waals surface area contributed by atoms with Crippen molar-refractivity contribution >= 4 is 28.6 Å². The van der Waals surface area contributed by atoms with Gasteiger partial charge in [-0.15, -0.1) is 0 Å². The molecule has 4 aromatic rings. The molecule has 10 nitrogen and oxygen atoms in total. The highest BCUT2D eigenvalue weighted by Crippen LogP contribution is 2.32. The molecule has 186 valence electrons. The molecule has 1 aliphatic heterocycles. The number of hydrogen-bond donors (Lipinski definition) is 2. The molecule has 4 N–H and O–H groups in total. The summed E-state index contributed by atoms with van der Waals surface area (Å²) in [4.78, 5) is 31.5. The Morgan fingerprint density at radius 3 is 2.89 bits per heavy atom. The lowest BCUT2D eigenvalue weighted by atomic mass is 9.86. The molecule has 1 aromatic carbocycles. The number of methoxy groups -OCH3 is 1. The molecule has 0 amide bonds. The number of imidazole rings is 1. The second-order valence-electron chi connectivity index (χ2n) is 9.15. The molecule has 3 aromatic heterocycles. The van der Waals surface area contributed by atoms with Crippen LogP contribution in [0.5, 0.6) is 0 Å². The molecule has 0 aliphatic carbocycles. The molecule has 0 bridgehead atoms. The Kier molecular flexibility index (Phi) is 6.23. The first kappa shape index (κ1) is 23.6. The van der Waals surface area contributed by atoms with Crippen molar-refractivity contribution in [3.63, 3.8) is 0 Å². The van der Waals surface area contributed by atoms with Gasteiger partial charge in [0.25, 0.3) is 0 Å². The minimum absolute atomic E-state index is 0.131. The second kappa shape index (κ2) is 9.50. The second-order valence-corrected chi connectivity index (χ2v) is 9.15. The van der Waals surface area contributed by atoms with E-state index < -0.39 is 5.54 Å². The van der Waals surface area contributed by atoms with Crippen LogP contribution in [0.4, 0.5) is 15.9 Å². The fourth-order valence-electron chi connectivity index (χ4n) is 4.77. The van der Waals surface area contributed by atoms with Gasteiger partial charge in [-0.25, -0.2) is 19.3 Å². The first-order chi connectivity index (χ1) is 17.3. The minimum Gasteiger partial charge on any atom is -0.469 e. The summed E-state index contributed by atoms with van der Waals surface area (Å²) in [5, 5.41) is 0. The highest BCUT2D eigenvalue weighted by atomic mass is 19.1. The van der Waals surface area contributed by atoms with Gasteiger partial charge in [0.2, 0.25) is 0 Å². The fraction of sp³-hybridized carbons (Fsp3) is 0.320. The Morgan fingerprint density at radius 1 is 1.22 bits per heavy atom. The van der Waals surface area contributed by atoms with Crippen molar-refractivity contribution in [2.45, 2.75) is 31.3 Å². The third-order valence-electron chi connectivity index (χ3n) is 6.53. The first-order valence-electron chi connectivity index (χ1n) is 11.6. The molecule has 4 heterocycles. The van der Waals surface area contributed by atoms with Crippen molar-refractivity contribution in [1.82, 2.24) is 24.5 Å². The van der Waals surface area contributed by atoms with Crippen LogP contribution in [-0.4, -0.2) is 56.2 Å². The van der Waals surface area contributed by atoms with Crippen molar-refractivity contribution in [3.8, 4) is 11.3 Å². The Labute approximate surface area is 207 Å². The number of esters is 1. The van der Waals surface area contributed by atoms with Gasteiger partial charge in [-0.1, -0.05) is 12.1 Å². The van der Waals surface area contributed by atoms with Gasteiger partial charge < -0.3 is 25.7 Å². The molecule has 5 rings (SSSR count). The standard InChI is InChI=1S/C25H27FN8O2/c1-36-21(35)10-25(28)6-3-7-33(13-25)20-11-29-19(16-4-2-5-18(26)8-16)9-17(20)12-34-15-32-22-23(27)30-14-31-24(22)34/h2,4-5,8-9,11,14-15H,3,6-7,10,12-13,28H2,1H3,(H2,27,30,31)/t25-/m0/s1. The van der Waals surface area contributed by atoms with E-state index in [0.717, 1.165) is 24.2 Å². The predicted octanol–water partition coefficient (Wildman–Crippen LogP) is 2.52. The van der Waals surface area contributed by atoms with Gasteiger partial charge in [-0.3, -0.25) is 9.78 Å². The highest BCUT2D eigenvalue weighted by molar-refractivity contribution is 5.81. The molecule has 1 saturated heterocycles. The van der Waals surface area contributed by atoms with Gasteiger partial charge in [0.15, 0.2) is 11.5 Å². The van der Waals surface area contributed by atoms with E-state index in [1.54, 1.807) is 18.6 Å². The number of carbonyl (C=O) groups is 1. The smallest absolute Gasteiger partial charge is 0.307 e. The topological polar surface area (TPSA) is 138 Å². The Bertz CT molecular complexity index is 1420. The van der Waals surface area contributed by atoms with Crippen LogP contribution in [0.1, 0.15) is 24.8 Å². The maximum absolute atomic E-state index is 13.9. The van der Waals surface area contributed by atoms with Gasteiger partial charge in [0, 0.05) is 24.2 Å². The number of fused-ring (bicyclic) bond motifs is 1. The molecule has 0 radical (unpaired) electrons. The number of nitrogens with two attached hydrogens (primary N) is 2. The summed E-state index contributed by atoms with van der Waals surface area (Å²) in [7, 11) is 1.37. The van der Waals surface area contributed by atoms with E-state index >= 15 is 0 Å². The Balaban J connectivity index is 1.55. The maximum atomic E-state index is 13.9. The van der Waals surface area contributed by atoms with E-state index in [0.29, 0.717) is 47.7 Å². The van der Waals surface area contributed by atoms with Crippen LogP contribution in [0.2, 0.25) is 0 Å². The average molecular weight is 491 g/mol. The summed E-state index contributed by atoms with van der Waals surface area (Å²) >= 11 is 0. The number of benzene rings is 1. The summed E-state index contributed by atoms with van der Waals surface area (Å²) in [5.74, 6) is -0.360.